The quantitative estimate of drug-likeness (QED) is 0.493. The maximum atomic E-state index is 2.21. The zero-order chi connectivity index (χ0) is 5.15. The van der Waals surface area contributed by atoms with Crippen LogP contribution in [0.3, 0.4) is 0 Å². The minimum absolute atomic E-state index is 0.779. The van der Waals surface area contributed by atoms with Gasteiger partial charge in [-0.15, -0.1) is 0 Å². The van der Waals surface area contributed by atoms with E-state index >= 15 is 0 Å². The van der Waals surface area contributed by atoms with Crippen LogP contribution in [0.1, 0.15) is 20.8 Å². The van der Waals surface area contributed by atoms with E-state index in [9.17, 15) is 0 Å². The second-order valence-electron chi connectivity index (χ2n) is 2.00. The van der Waals surface area contributed by atoms with Gasteiger partial charge in [0.05, 0.1) is 0 Å². The van der Waals surface area contributed by atoms with Crippen molar-refractivity contribution < 1.29 is 0 Å². The predicted molar refractivity (Wildman–Crippen MR) is 34.0 cm³/mol. The number of hydrogen-bond acceptors (Lipinski definition) is 0. The molecule has 0 N–H and O–H groups in total. The summed E-state index contributed by atoms with van der Waals surface area (Å²) < 4.78 is 1.64. The normalized spacial score (nSPS) is 8.50. The second kappa shape index (κ2) is 2.67. The summed E-state index contributed by atoms with van der Waals surface area (Å²) in [6, 6.07) is 0. The van der Waals surface area contributed by atoms with Crippen molar-refractivity contribution in [2.75, 3.05) is 0 Å². The summed E-state index contributed by atoms with van der Waals surface area (Å²) in [5.74, 6) is 0. The Balaban J connectivity index is 3.68. The molecule has 0 aromatic rings. The molecule has 0 bridgehead atoms. The SMILES string of the molecule is CC(C)=[C](C)[SnH3]. The van der Waals surface area contributed by atoms with Crippen LogP contribution in [0.4, 0.5) is 0 Å². The van der Waals surface area contributed by atoms with Crippen molar-refractivity contribution in [3.8, 4) is 0 Å². The van der Waals surface area contributed by atoms with Crippen LogP contribution in [-0.2, 0) is 0 Å². The zero-order valence-corrected chi connectivity index (χ0v) is 10.7. The molecular weight excluding hydrogens is 179 g/mol. The average molecular weight is 191 g/mol. The fourth-order valence-electron chi connectivity index (χ4n) is 0. The Hall–Kier alpha value is 0.539. The van der Waals surface area contributed by atoms with Crippen molar-refractivity contribution in [3.05, 3.63) is 9.16 Å². The van der Waals surface area contributed by atoms with Gasteiger partial charge in [-0.25, -0.2) is 0 Å². The van der Waals surface area contributed by atoms with Gasteiger partial charge in [-0.1, -0.05) is 0 Å². The molecule has 0 spiro atoms. The molecule has 0 aliphatic heterocycles. The Bertz CT molecular complexity index is 54.0. The van der Waals surface area contributed by atoms with E-state index in [1.54, 1.807) is 3.59 Å². The molecule has 0 fully saturated rings. The van der Waals surface area contributed by atoms with E-state index in [0.29, 0.717) is 0 Å². The monoisotopic (exact) mass is 192 g/mol. The molecule has 36 valence electrons. The molecule has 0 unspecified atom stereocenters. The van der Waals surface area contributed by atoms with Crippen LogP contribution in [0.5, 0.6) is 0 Å². The van der Waals surface area contributed by atoms with Gasteiger partial charge in [0.15, 0.2) is 0 Å². The van der Waals surface area contributed by atoms with Crippen LogP contribution in [0, 0.1) is 0 Å². The van der Waals surface area contributed by atoms with Gasteiger partial charge in [0, 0.05) is 0 Å². The van der Waals surface area contributed by atoms with Gasteiger partial charge in [0.2, 0.25) is 0 Å². The molecule has 1 heteroatoms. The van der Waals surface area contributed by atoms with E-state index in [4.69, 9.17) is 0 Å². The molecule has 0 rings (SSSR count). The van der Waals surface area contributed by atoms with Gasteiger partial charge in [-0.3, -0.25) is 0 Å². The van der Waals surface area contributed by atoms with Crippen molar-refractivity contribution in [3.63, 3.8) is 0 Å². The summed E-state index contributed by atoms with van der Waals surface area (Å²) in [6.45, 7) is 6.56. The fourth-order valence-corrected chi connectivity index (χ4v) is 0. The van der Waals surface area contributed by atoms with Gasteiger partial charge < -0.3 is 0 Å². The maximum absolute atomic E-state index is 2.21. The Morgan fingerprint density at radius 3 is 1.33 bits per heavy atom. The Labute approximate surface area is 52.7 Å². The molecule has 0 aliphatic rings. The molecule has 0 amide bonds. The molecule has 0 saturated carbocycles. The molecule has 0 atom stereocenters. The number of allylic oxidation sites excluding steroid dienone is 2. The van der Waals surface area contributed by atoms with E-state index in [1.165, 1.54) is 5.57 Å². The van der Waals surface area contributed by atoms with Crippen LogP contribution < -0.4 is 0 Å². The first-order valence-electron chi connectivity index (χ1n) is 2.25. The van der Waals surface area contributed by atoms with Crippen molar-refractivity contribution >= 4 is 22.5 Å². The third kappa shape index (κ3) is 2.76. The van der Waals surface area contributed by atoms with Gasteiger partial charge >= 0.3 is 52.5 Å². The van der Waals surface area contributed by atoms with Crippen molar-refractivity contribution in [2.24, 2.45) is 0 Å². The summed E-state index contributed by atoms with van der Waals surface area (Å²) in [4.78, 5) is 0. The minimum atomic E-state index is 0.779. The van der Waals surface area contributed by atoms with Crippen molar-refractivity contribution in [2.45, 2.75) is 20.8 Å². The van der Waals surface area contributed by atoms with Gasteiger partial charge in [0.25, 0.3) is 0 Å². The molecule has 0 saturated heterocycles. The Kier molecular flexibility index (Phi) is 2.91. The molecule has 0 heterocycles. The third-order valence-electron chi connectivity index (χ3n) is 1.00. The summed E-state index contributed by atoms with van der Waals surface area (Å²) in [5.41, 5.74) is 1.52. The first-order chi connectivity index (χ1) is 2.64. The number of rotatable bonds is 0. The van der Waals surface area contributed by atoms with Crippen LogP contribution in [0.15, 0.2) is 9.16 Å². The van der Waals surface area contributed by atoms with Crippen molar-refractivity contribution in [1.82, 2.24) is 0 Å². The molecule has 0 radical (unpaired) electrons. The van der Waals surface area contributed by atoms with E-state index in [0.717, 1.165) is 22.5 Å². The fraction of sp³-hybridized carbons (Fsp3) is 0.600. The molecule has 6 heavy (non-hydrogen) atoms. The predicted octanol–water partition coefficient (Wildman–Crippen LogP) is 0.666. The molecule has 0 nitrogen and oxygen atoms in total. The summed E-state index contributed by atoms with van der Waals surface area (Å²) >= 11 is 0.779. The first-order valence-corrected chi connectivity index (χ1v) is 5.10. The Morgan fingerprint density at radius 1 is 1.17 bits per heavy atom. The van der Waals surface area contributed by atoms with E-state index in [1.807, 2.05) is 0 Å². The topological polar surface area (TPSA) is 0 Å². The van der Waals surface area contributed by atoms with Gasteiger partial charge in [-0.05, 0) is 0 Å². The van der Waals surface area contributed by atoms with Crippen LogP contribution in [0.25, 0.3) is 0 Å². The van der Waals surface area contributed by atoms with Crippen LogP contribution >= 0.6 is 0 Å². The average Bonchev–Trinajstić information content (AvgIpc) is 1.36. The first kappa shape index (κ1) is 6.54. The van der Waals surface area contributed by atoms with Gasteiger partial charge in [0.1, 0.15) is 0 Å². The van der Waals surface area contributed by atoms with Gasteiger partial charge in [-0.2, -0.15) is 0 Å². The van der Waals surface area contributed by atoms with Crippen LogP contribution in [-0.4, -0.2) is 22.5 Å². The van der Waals surface area contributed by atoms with Crippen LogP contribution in [0.2, 0.25) is 0 Å². The Morgan fingerprint density at radius 2 is 1.33 bits per heavy atom. The molecule has 0 aromatic heterocycles. The summed E-state index contributed by atoms with van der Waals surface area (Å²) in [6.07, 6.45) is 0. The van der Waals surface area contributed by atoms with Crippen molar-refractivity contribution in [1.29, 1.82) is 0 Å². The second-order valence-corrected chi connectivity index (χ2v) is 6.28. The standard InChI is InChI=1S/C5H9.Sn.3H/c1-4-5(2)3;;;;/h1-3H3;;;;. The number of hydrogen-bond donors (Lipinski definition) is 0. The van der Waals surface area contributed by atoms with E-state index < -0.39 is 0 Å². The third-order valence-corrected chi connectivity index (χ3v) is 3.85. The summed E-state index contributed by atoms with van der Waals surface area (Å²) in [7, 11) is 0. The molecule has 0 aliphatic carbocycles. The zero-order valence-electron chi connectivity index (χ0n) is 5.00. The summed E-state index contributed by atoms with van der Waals surface area (Å²) in [5, 5.41) is 0. The molecular formula is C5H12Sn. The van der Waals surface area contributed by atoms with E-state index in [2.05, 4.69) is 20.8 Å². The van der Waals surface area contributed by atoms with E-state index in [-0.39, 0.29) is 0 Å². The molecule has 0 aromatic carbocycles.